The van der Waals surface area contributed by atoms with Crippen molar-refractivity contribution in [2.24, 2.45) is 0 Å². The van der Waals surface area contributed by atoms with Crippen LogP contribution in [0.1, 0.15) is 43.4 Å². The van der Waals surface area contributed by atoms with Crippen LogP contribution in [0.5, 0.6) is 0 Å². The first kappa shape index (κ1) is 13.1. The van der Waals surface area contributed by atoms with Crippen molar-refractivity contribution in [1.29, 1.82) is 0 Å². The fourth-order valence-corrected chi connectivity index (χ4v) is 2.75. The lowest BCUT2D eigenvalue weighted by molar-refractivity contribution is 0.659. The van der Waals surface area contributed by atoms with Crippen LogP contribution in [0.3, 0.4) is 0 Å². The van der Waals surface area contributed by atoms with E-state index in [0.717, 1.165) is 36.0 Å². The lowest BCUT2D eigenvalue weighted by atomic mass is 10.2. The van der Waals surface area contributed by atoms with E-state index in [-0.39, 0.29) is 6.04 Å². The van der Waals surface area contributed by atoms with Crippen LogP contribution in [0.15, 0.2) is 17.8 Å². The first-order valence-corrected chi connectivity index (χ1v) is 7.32. The third-order valence-corrected chi connectivity index (χ3v) is 3.71. The van der Waals surface area contributed by atoms with Crippen LogP contribution in [0, 0.1) is 6.92 Å². The number of imidazole rings is 1. The molecule has 1 atom stereocenters. The number of hydrogen-bond acceptors (Lipinski definition) is 4. The molecule has 0 saturated heterocycles. The Morgan fingerprint density at radius 3 is 2.89 bits per heavy atom. The van der Waals surface area contributed by atoms with Gasteiger partial charge in [0, 0.05) is 24.3 Å². The number of thiazole rings is 1. The van der Waals surface area contributed by atoms with E-state index in [1.807, 2.05) is 18.5 Å². The lowest BCUT2D eigenvalue weighted by Gasteiger charge is -2.16. The van der Waals surface area contributed by atoms with Gasteiger partial charge in [-0.3, -0.25) is 0 Å². The SMILES string of the molecule is CCCn1cc(C)nc1NC(CC)c1nccs1. The number of rotatable bonds is 6. The molecule has 0 saturated carbocycles. The molecule has 0 aliphatic carbocycles. The first-order valence-electron chi connectivity index (χ1n) is 6.44. The summed E-state index contributed by atoms with van der Waals surface area (Å²) >= 11 is 1.69. The van der Waals surface area contributed by atoms with Gasteiger partial charge in [0.1, 0.15) is 5.01 Å². The van der Waals surface area contributed by atoms with Gasteiger partial charge >= 0.3 is 0 Å². The predicted molar refractivity (Wildman–Crippen MR) is 76.0 cm³/mol. The molecule has 0 amide bonds. The van der Waals surface area contributed by atoms with E-state index < -0.39 is 0 Å². The van der Waals surface area contributed by atoms with Crippen molar-refractivity contribution in [3.8, 4) is 0 Å². The third kappa shape index (κ3) is 2.90. The highest BCUT2D eigenvalue weighted by Gasteiger charge is 2.14. The monoisotopic (exact) mass is 264 g/mol. The quantitative estimate of drug-likeness (QED) is 0.866. The van der Waals surface area contributed by atoms with Crippen molar-refractivity contribution < 1.29 is 0 Å². The maximum absolute atomic E-state index is 4.56. The summed E-state index contributed by atoms with van der Waals surface area (Å²) < 4.78 is 2.19. The third-order valence-electron chi connectivity index (χ3n) is 2.82. The highest BCUT2D eigenvalue weighted by Crippen LogP contribution is 2.23. The minimum Gasteiger partial charge on any atom is -0.346 e. The van der Waals surface area contributed by atoms with Gasteiger partial charge in [0.15, 0.2) is 0 Å². The summed E-state index contributed by atoms with van der Waals surface area (Å²) in [4.78, 5) is 8.94. The van der Waals surface area contributed by atoms with Crippen LogP contribution in [0.25, 0.3) is 0 Å². The molecule has 0 spiro atoms. The maximum Gasteiger partial charge on any atom is 0.203 e. The highest BCUT2D eigenvalue weighted by atomic mass is 32.1. The summed E-state index contributed by atoms with van der Waals surface area (Å²) in [5, 5.41) is 6.65. The summed E-state index contributed by atoms with van der Waals surface area (Å²) in [5.74, 6) is 0.955. The maximum atomic E-state index is 4.56. The van der Waals surface area contributed by atoms with Gasteiger partial charge in [0.2, 0.25) is 5.95 Å². The van der Waals surface area contributed by atoms with Crippen molar-refractivity contribution in [2.75, 3.05) is 5.32 Å². The van der Waals surface area contributed by atoms with E-state index in [0.29, 0.717) is 0 Å². The minimum atomic E-state index is 0.252. The van der Waals surface area contributed by atoms with Gasteiger partial charge in [-0.15, -0.1) is 11.3 Å². The van der Waals surface area contributed by atoms with Crippen molar-refractivity contribution in [1.82, 2.24) is 14.5 Å². The molecule has 1 unspecified atom stereocenters. The second-order valence-electron chi connectivity index (χ2n) is 4.37. The van der Waals surface area contributed by atoms with Crippen LogP contribution in [-0.4, -0.2) is 14.5 Å². The number of anilines is 1. The fourth-order valence-electron chi connectivity index (χ4n) is 1.97. The smallest absolute Gasteiger partial charge is 0.203 e. The Morgan fingerprint density at radius 2 is 2.28 bits per heavy atom. The van der Waals surface area contributed by atoms with E-state index in [1.165, 1.54) is 0 Å². The van der Waals surface area contributed by atoms with Crippen LogP contribution < -0.4 is 5.32 Å². The zero-order chi connectivity index (χ0) is 13.0. The van der Waals surface area contributed by atoms with Gasteiger partial charge in [0.25, 0.3) is 0 Å². The number of nitrogens with one attached hydrogen (secondary N) is 1. The zero-order valence-electron chi connectivity index (χ0n) is 11.2. The van der Waals surface area contributed by atoms with Crippen LogP contribution in [-0.2, 0) is 6.54 Å². The normalized spacial score (nSPS) is 12.6. The fraction of sp³-hybridized carbons (Fsp3) is 0.538. The molecule has 0 fully saturated rings. The molecule has 0 aliphatic heterocycles. The lowest BCUT2D eigenvalue weighted by Crippen LogP contribution is -2.13. The van der Waals surface area contributed by atoms with Crippen molar-refractivity contribution in [3.63, 3.8) is 0 Å². The summed E-state index contributed by atoms with van der Waals surface area (Å²) in [6, 6.07) is 0.252. The average Bonchev–Trinajstić information content (AvgIpc) is 2.97. The first-order chi connectivity index (χ1) is 8.74. The summed E-state index contributed by atoms with van der Waals surface area (Å²) in [7, 11) is 0. The molecule has 2 aromatic heterocycles. The molecule has 0 aromatic carbocycles. The Hall–Kier alpha value is -1.36. The molecule has 2 rings (SSSR count). The Kier molecular flexibility index (Phi) is 4.36. The molecule has 5 heteroatoms. The van der Waals surface area contributed by atoms with E-state index in [4.69, 9.17) is 0 Å². The average molecular weight is 264 g/mol. The Labute approximate surface area is 112 Å². The van der Waals surface area contributed by atoms with E-state index in [9.17, 15) is 0 Å². The summed E-state index contributed by atoms with van der Waals surface area (Å²) in [5.41, 5.74) is 1.06. The van der Waals surface area contributed by atoms with Crippen LogP contribution in [0.2, 0.25) is 0 Å². The highest BCUT2D eigenvalue weighted by molar-refractivity contribution is 7.09. The Morgan fingerprint density at radius 1 is 1.44 bits per heavy atom. The standard InChI is InChI=1S/C13H20N4S/c1-4-7-17-9-10(3)15-13(17)16-11(5-2)12-14-6-8-18-12/h6,8-9,11H,4-5,7H2,1-3H3,(H,15,16). The molecule has 1 N–H and O–H groups in total. The van der Waals surface area contributed by atoms with Crippen molar-refractivity contribution >= 4 is 17.3 Å². The van der Waals surface area contributed by atoms with Crippen LogP contribution >= 0.6 is 11.3 Å². The Bertz CT molecular complexity index is 475. The van der Waals surface area contributed by atoms with Gasteiger partial charge in [-0.1, -0.05) is 13.8 Å². The van der Waals surface area contributed by atoms with Crippen molar-refractivity contribution in [3.05, 3.63) is 28.5 Å². The molecule has 98 valence electrons. The predicted octanol–water partition coefficient (Wildman–Crippen LogP) is 3.62. The molecule has 2 aromatic rings. The molecule has 0 radical (unpaired) electrons. The van der Waals surface area contributed by atoms with E-state index in [2.05, 4.69) is 39.9 Å². The van der Waals surface area contributed by atoms with E-state index in [1.54, 1.807) is 11.3 Å². The molecular formula is C13H20N4S. The van der Waals surface area contributed by atoms with Gasteiger partial charge < -0.3 is 9.88 Å². The number of nitrogens with zero attached hydrogens (tertiary/aromatic N) is 3. The van der Waals surface area contributed by atoms with Gasteiger partial charge in [-0.2, -0.15) is 0 Å². The molecule has 0 bridgehead atoms. The summed E-state index contributed by atoms with van der Waals surface area (Å²) in [6.07, 6.45) is 6.07. The number of aryl methyl sites for hydroxylation is 2. The summed E-state index contributed by atoms with van der Waals surface area (Å²) in [6.45, 7) is 7.37. The van der Waals surface area contributed by atoms with E-state index >= 15 is 0 Å². The van der Waals surface area contributed by atoms with Gasteiger partial charge in [0.05, 0.1) is 11.7 Å². The van der Waals surface area contributed by atoms with Gasteiger partial charge in [-0.25, -0.2) is 9.97 Å². The largest absolute Gasteiger partial charge is 0.346 e. The molecule has 0 aliphatic rings. The Balaban J connectivity index is 2.16. The minimum absolute atomic E-state index is 0.252. The molecular weight excluding hydrogens is 244 g/mol. The van der Waals surface area contributed by atoms with Gasteiger partial charge in [-0.05, 0) is 19.8 Å². The molecule has 18 heavy (non-hydrogen) atoms. The molecule has 2 heterocycles. The van der Waals surface area contributed by atoms with Crippen LogP contribution in [0.4, 0.5) is 5.95 Å². The molecule has 4 nitrogen and oxygen atoms in total. The second kappa shape index (κ2) is 6.00. The topological polar surface area (TPSA) is 42.7 Å². The second-order valence-corrected chi connectivity index (χ2v) is 5.30. The number of aromatic nitrogens is 3. The van der Waals surface area contributed by atoms with Crippen molar-refractivity contribution in [2.45, 2.75) is 46.2 Å². The zero-order valence-corrected chi connectivity index (χ0v) is 12.0. The number of hydrogen-bond donors (Lipinski definition) is 1.